The van der Waals surface area contributed by atoms with Crippen LogP contribution >= 0.6 is 11.6 Å². The molecule has 2 heterocycles. The zero-order valence-electron chi connectivity index (χ0n) is 14.8. The molecule has 26 heavy (non-hydrogen) atoms. The second-order valence-electron chi connectivity index (χ2n) is 6.36. The van der Waals surface area contributed by atoms with Gasteiger partial charge in [0.2, 0.25) is 0 Å². The smallest absolute Gasteiger partial charge is 0.291 e. The molecule has 0 unspecified atom stereocenters. The Labute approximate surface area is 157 Å². The molecule has 1 N–H and O–H groups in total. The van der Waals surface area contributed by atoms with Crippen molar-refractivity contribution < 1.29 is 4.39 Å². The Hall–Kier alpha value is -2.12. The predicted molar refractivity (Wildman–Crippen MR) is 103 cm³/mol. The van der Waals surface area contributed by atoms with E-state index in [0.29, 0.717) is 22.9 Å². The van der Waals surface area contributed by atoms with Crippen LogP contribution < -0.4 is 15.8 Å². The van der Waals surface area contributed by atoms with Crippen LogP contribution in [0, 0.1) is 5.82 Å². The first kappa shape index (κ1) is 18.7. The highest BCUT2D eigenvalue weighted by Gasteiger charge is 2.18. The molecule has 0 aliphatic carbocycles. The van der Waals surface area contributed by atoms with Gasteiger partial charge in [0.15, 0.2) is 0 Å². The number of para-hydroxylation sites is 1. The maximum absolute atomic E-state index is 13.9. The summed E-state index contributed by atoms with van der Waals surface area (Å²) >= 11 is 6.03. The molecule has 1 aliphatic heterocycles. The fraction of sp³-hybridized carbons (Fsp3) is 0.444. The number of hydrogen-bond donors (Lipinski definition) is 1. The standard InChI is InChI=1S/C18H23ClFN5O/c1-23-18(26)17(14(19)13-22-23)21-7-4-8-24-9-11-25(12-10-24)16-6-3-2-5-15(16)20/h2-3,5-6,13,21H,4,7-12H2,1H3. The van der Waals surface area contributed by atoms with Crippen LogP contribution in [0.2, 0.25) is 5.02 Å². The van der Waals surface area contributed by atoms with Crippen LogP contribution in [0.3, 0.4) is 0 Å². The molecule has 0 amide bonds. The fourth-order valence-electron chi connectivity index (χ4n) is 3.11. The summed E-state index contributed by atoms with van der Waals surface area (Å²) in [5, 5.41) is 7.32. The fourth-order valence-corrected chi connectivity index (χ4v) is 3.31. The minimum atomic E-state index is -0.226. The number of hydrogen-bond acceptors (Lipinski definition) is 5. The molecule has 1 saturated heterocycles. The van der Waals surface area contributed by atoms with Crippen molar-refractivity contribution in [1.82, 2.24) is 14.7 Å². The molecule has 0 saturated carbocycles. The minimum Gasteiger partial charge on any atom is -0.379 e. The van der Waals surface area contributed by atoms with Crippen molar-refractivity contribution in [2.24, 2.45) is 7.05 Å². The normalized spacial score (nSPS) is 15.3. The van der Waals surface area contributed by atoms with E-state index in [0.717, 1.165) is 39.1 Å². The highest BCUT2D eigenvalue weighted by Crippen LogP contribution is 2.20. The molecule has 1 fully saturated rings. The van der Waals surface area contributed by atoms with E-state index >= 15 is 0 Å². The molecule has 0 spiro atoms. The Morgan fingerprint density at radius 1 is 1.23 bits per heavy atom. The largest absolute Gasteiger partial charge is 0.379 e. The summed E-state index contributed by atoms with van der Waals surface area (Å²) in [4.78, 5) is 16.4. The summed E-state index contributed by atoms with van der Waals surface area (Å²) in [6, 6.07) is 6.91. The third kappa shape index (κ3) is 4.34. The van der Waals surface area contributed by atoms with Crippen molar-refractivity contribution in [3.8, 4) is 0 Å². The third-order valence-corrected chi connectivity index (χ3v) is 4.90. The van der Waals surface area contributed by atoms with Gasteiger partial charge in [-0.05, 0) is 25.1 Å². The van der Waals surface area contributed by atoms with Gasteiger partial charge in [0.25, 0.3) is 5.56 Å². The van der Waals surface area contributed by atoms with Crippen LogP contribution in [0.1, 0.15) is 6.42 Å². The van der Waals surface area contributed by atoms with E-state index in [1.165, 1.54) is 16.9 Å². The molecule has 6 nitrogen and oxygen atoms in total. The van der Waals surface area contributed by atoms with Crippen molar-refractivity contribution in [2.45, 2.75) is 6.42 Å². The summed E-state index contributed by atoms with van der Waals surface area (Å²) in [6.07, 6.45) is 2.36. The van der Waals surface area contributed by atoms with Gasteiger partial charge in [-0.1, -0.05) is 23.7 Å². The molecule has 3 rings (SSSR count). The lowest BCUT2D eigenvalue weighted by Gasteiger charge is -2.36. The Balaban J connectivity index is 1.43. The molecular formula is C18H23ClFN5O. The lowest BCUT2D eigenvalue weighted by atomic mass is 10.2. The highest BCUT2D eigenvalue weighted by molar-refractivity contribution is 6.32. The van der Waals surface area contributed by atoms with Gasteiger partial charge in [-0.15, -0.1) is 0 Å². The van der Waals surface area contributed by atoms with Crippen molar-refractivity contribution in [3.05, 3.63) is 51.7 Å². The second kappa shape index (κ2) is 8.51. The van der Waals surface area contributed by atoms with Gasteiger partial charge in [0.05, 0.1) is 16.9 Å². The van der Waals surface area contributed by atoms with Gasteiger partial charge >= 0.3 is 0 Å². The summed E-state index contributed by atoms with van der Waals surface area (Å²) in [6.45, 7) is 4.99. The molecule has 1 aromatic carbocycles. The van der Waals surface area contributed by atoms with Gasteiger partial charge in [-0.3, -0.25) is 9.69 Å². The Morgan fingerprint density at radius 2 is 1.96 bits per heavy atom. The first-order valence-corrected chi connectivity index (χ1v) is 9.11. The number of benzene rings is 1. The number of aromatic nitrogens is 2. The summed E-state index contributed by atoms with van der Waals surface area (Å²) in [5.74, 6) is -0.166. The number of halogens is 2. The quantitative estimate of drug-likeness (QED) is 0.780. The number of piperazine rings is 1. The molecule has 2 aromatic rings. The number of aryl methyl sites for hydroxylation is 1. The maximum atomic E-state index is 13.9. The van der Waals surface area contributed by atoms with Gasteiger partial charge < -0.3 is 10.2 Å². The van der Waals surface area contributed by atoms with Gasteiger partial charge in [-0.25, -0.2) is 9.07 Å². The van der Waals surface area contributed by atoms with Gasteiger partial charge in [-0.2, -0.15) is 5.10 Å². The van der Waals surface area contributed by atoms with Crippen LogP contribution in [0.5, 0.6) is 0 Å². The first-order chi connectivity index (χ1) is 12.6. The molecule has 8 heteroatoms. The van der Waals surface area contributed by atoms with Crippen LogP contribution in [0.25, 0.3) is 0 Å². The Bertz CT molecular complexity index is 804. The number of nitrogens with one attached hydrogen (secondary N) is 1. The molecule has 1 aliphatic rings. The first-order valence-electron chi connectivity index (χ1n) is 8.74. The third-order valence-electron chi connectivity index (χ3n) is 4.61. The van der Waals surface area contributed by atoms with Crippen LogP contribution in [-0.2, 0) is 7.05 Å². The monoisotopic (exact) mass is 379 g/mol. The number of anilines is 2. The van der Waals surface area contributed by atoms with Gasteiger partial charge in [0.1, 0.15) is 11.5 Å². The zero-order valence-corrected chi connectivity index (χ0v) is 15.5. The predicted octanol–water partition coefficient (Wildman–Crippen LogP) is 2.20. The van der Waals surface area contributed by atoms with E-state index in [4.69, 9.17) is 11.6 Å². The average Bonchev–Trinajstić information content (AvgIpc) is 2.65. The SMILES string of the molecule is Cn1ncc(Cl)c(NCCCN2CCN(c3ccccc3F)CC2)c1=O. The summed E-state index contributed by atoms with van der Waals surface area (Å²) in [7, 11) is 1.60. The zero-order chi connectivity index (χ0) is 18.5. The van der Waals surface area contributed by atoms with E-state index in [9.17, 15) is 9.18 Å². The molecule has 1 aromatic heterocycles. The lowest BCUT2D eigenvalue weighted by molar-refractivity contribution is 0.256. The van der Waals surface area contributed by atoms with E-state index in [1.54, 1.807) is 13.1 Å². The van der Waals surface area contributed by atoms with Crippen LogP contribution in [0.15, 0.2) is 35.3 Å². The Morgan fingerprint density at radius 3 is 2.69 bits per heavy atom. The van der Waals surface area contributed by atoms with Crippen molar-refractivity contribution in [3.63, 3.8) is 0 Å². The second-order valence-corrected chi connectivity index (χ2v) is 6.76. The molecule has 140 valence electrons. The van der Waals surface area contributed by atoms with Gasteiger partial charge in [0, 0.05) is 39.8 Å². The number of rotatable bonds is 6. The lowest BCUT2D eigenvalue weighted by Crippen LogP contribution is -2.47. The van der Waals surface area contributed by atoms with E-state index in [1.807, 2.05) is 12.1 Å². The van der Waals surface area contributed by atoms with Crippen molar-refractivity contribution >= 4 is 23.0 Å². The summed E-state index contributed by atoms with van der Waals surface area (Å²) < 4.78 is 15.1. The number of nitrogens with zero attached hydrogens (tertiary/aromatic N) is 4. The molecular weight excluding hydrogens is 357 g/mol. The average molecular weight is 380 g/mol. The maximum Gasteiger partial charge on any atom is 0.291 e. The Kier molecular flexibility index (Phi) is 6.11. The summed E-state index contributed by atoms with van der Waals surface area (Å²) in [5.41, 5.74) is 0.849. The molecule has 0 radical (unpaired) electrons. The van der Waals surface area contributed by atoms with Crippen LogP contribution in [-0.4, -0.2) is 53.9 Å². The van der Waals surface area contributed by atoms with E-state index in [-0.39, 0.29) is 11.4 Å². The van der Waals surface area contributed by atoms with Crippen molar-refractivity contribution in [1.29, 1.82) is 0 Å². The molecule has 0 bridgehead atoms. The van der Waals surface area contributed by atoms with E-state index < -0.39 is 0 Å². The van der Waals surface area contributed by atoms with Crippen LogP contribution in [0.4, 0.5) is 15.8 Å². The van der Waals surface area contributed by atoms with E-state index in [2.05, 4.69) is 20.2 Å². The molecule has 0 atom stereocenters. The van der Waals surface area contributed by atoms with Crippen molar-refractivity contribution in [2.75, 3.05) is 49.5 Å². The topological polar surface area (TPSA) is 53.4 Å². The highest BCUT2D eigenvalue weighted by atomic mass is 35.5. The minimum absolute atomic E-state index is 0.166.